The monoisotopic (exact) mass is 246 g/mol. The number of hydrogen-bond donors (Lipinski definition) is 0. The van der Waals surface area contributed by atoms with Crippen molar-refractivity contribution in [3.63, 3.8) is 0 Å². The third-order valence-corrected chi connectivity index (χ3v) is 2.68. The molecule has 2 heteroatoms. The Balaban J connectivity index is 2.10. The third kappa shape index (κ3) is 6.89. The molecule has 0 amide bonds. The maximum absolute atomic E-state index is 11.4. The van der Waals surface area contributed by atoms with E-state index in [9.17, 15) is 4.79 Å². The van der Waals surface area contributed by atoms with Crippen molar-refractivity contribution in [2.24, 2.45) is 0 Å². The van der Waals surface area contributed by atoms with Crippen LogP contribution in [-0.2, 0) is 9.53 Å². The van der Waals surface area contributed by atoms with Crippen LogP contribution in [0.25, 0.3) is 6.08 Å². The highest BCUT2D eigenvalue weighted by Crippen LogP contribution is 2.04. The fourth-order valence-corrected chi connectivity index (χ4v) is 1.66. The summed E-state index contributed by atoms with van der Waals surface area (Å²) >= 11 is 0. The molecule has 0 atom stereocenters. The van der Waals surface area contributed by atoms with Crippen LogP contribution in [0, 0.1) is 0 Å². The van der Waals surface area contributed by atoms with E-state index in [1.807, 2.05) is 42.5 Å². The lowest BCUT2D eigenvalue weighted by Crippen LogP contribution is -2.03. The van der Waals surface area contributed by atoms with E-state index in [1.165, 1.54) is 12.8 Å². The Morgan fingerprint density at radius 1 is 1.17 bits per heavy atom. The average molecular weight is 246 g/mol. The first-order chi connectivity index (χ1) is 8.83. The predicted molar refractivity (Wildman–Crippen MR) is 75.2 cm³/mol. The number of carbonyl (C=O) groups is 1. The van der Waals surface area contributed by atoms with Gasteiger partial charge < -0.3 is 4.74 Å². The molecule has 0 fully saturated rings. The molecule has 2 nitrogen and oxygen atoms in total. The van der Waals surface area contributed by atoms with Crippen LogP contribution in [0.3, 0.4) is 0 Å². The van der Waals surface area contributed by atoms with Gasteiger partial charge in [-0.1, -0.05) is 62.6 Å². The van der Waals surface area contributed by atoms with E-state index >= 15 is 0 Å². The van der Waals surface area contributed by atoms with Crippen LogP contribution < -0.4 is 0 Å². The van der Waals surface area contributed by atoms with Gasteiger partial charge in [0.2, 0.25) is 0 Å². The van der Waals surface area contributed by atoms with Crippen LogP contribution in [0.1, 0.15) is 44.6 Å². The molecule has 0 aliphatic carbocycles. The third-order valence-electron chi connectivity index (χ3n) is 2.68. The quantitative estimate of drug-likeness (QED) is 0.507. The molecule has 0 heterocycles. The summed E-state index contributed by atoms with van der Waals surface area (Å²) in [5.74, 6) is -0.0937. The normalized spacial score (nSPS) is 10.7. The van der Waals surface area contributed by atoms with Crippen molar-refractivity contribution in [2.45, 2.75) is 39.0 Å². The minimum absolute atomic E-state index is 0.0937. The van der Waals surface area contributed by atoms with Crippen molar-refractivity contribution in [1.29, 1.82) is 0 Å². The van der Waals surface area contributed by atoms with E-state index in [0.717, 1.165) is 18.4 Å². The summed E-state index contributed by atoms with van der Waals surface area (Å²) < 4.78 is 5.12. The lowest BCUT2D eigenvalue weighted by atomic mass is 10.2. The Hall–Kier alpha value is -1.57. The number of carbonyl (C=O) groups excluding carboxylic acids is 1. The molecule has 18 heavy (non-hydrogen) atoms. The minimum atomic E-state index is -0.0937. The highest BCUT2D eigenvalue weighted by Gasteiger charge is 2.00. The molecule has 98 valence electrons. The lowest BCUT2D eigenvalue weighted by molar-refractivity contribution is -0.142. The van der Waals surface area contributed by atoms with Gasteiger partial charge in [-0.3, -0.25) is 4.79 Å². The van der Waals surface area contributed by atoms with Crippen LogP contribution in [0.4, 0.5) is 0 Å². The maximum Gasteiger partial charge on any atom is 0.306 e. The zero-order valence-electron chi connectivity index (χ0n) is 11.1. The van der Waals surface area contributed by atoms with Gasteiger partial charge in [-0.25, -0.2) is 0 Å². The van der Waals surface area contributed by atoms with Gasteiger partial charge in [-0.15, -0.1) is 0 Å². The summed E-state index contributed by atoms with van der Waals surface area (Å²) in [6, 6.07) is 9.98. The largest absolute Gasteiger partial charge is 0.461 e. The molecule has 0 saturated heterocycles. The van der Waals surface area contributed by atoms with Gasteiger partial charge in [0.15, 0.2) is 0 Å². The van der Waals surface area contributed by atoms with E-state index in [1.54, 1.807) is 0 Å². The summed E-state index contributed by atoms with van der Waals surface area (Å²) in [7, 11) is 0. The first kappa shape index (κ1) is 14.5. The molecule has 0 bridgehead atoms. The second kappa shape index (κ2) is 9.46. The van der Waals surface area contributed by atoms with E-state index in [2.05, 4.69) is 6.92 Å². The van der Waals surface area contributed by atoms with E-state index in [0.29, 0.717) is 13.0 Å². The Bertz CT molecular complexity index is 355. The second-order valence-electron chi connectivity index (χ2n) is 4.31. The van der Waals surface area contributed by atoms with Crippen molar-refractivity contribution in [1.82, 2.24) is 0 Å². The molecule has 0 aromatic heterocycles. The molecular formula is C16H22O2. The summed E-state index contributed by atoms with van der Waals surface area (Å²) in [6.45, 7) is 2.52. The molecule has 0 aliphatic heterocycles. The Labute approximate surface area is 110 Å². The van der Waals surface area contributed by atoms with E-state index < -0.39 is 0 Å². The average Bonchev–Trinajstić information content (AvgIpc) is 2.41. The highest BCUT2D eigenvalue weighted by atomic mass is 16.5. The molecule has 1 aromatic carbocycles. The van der Waals surface area contributed by atoms with Crippen molar-refractivity contribution in [3.05, 3.63) is 42.0 Å². The van der Waals surface area contributed by atoms with Crippen molar-refractivity contribution < 1.29 is 9.53 Å². The van der Waals surface area contributed by atoms with Crippen LogP contribution in [0.15, 0.2) is 36.4 Å². The molecule has 0 saturated carbocycles. The fourth-order valence-electron chi connectivity index (χ4n) is 1.66. The van der Waals surface area contributed by atoms with Crippen molar-refractivity contribution in [2.75, 3.05) is 6.61 Å². The van der Waals surface area contributed by atoms with Crippen LogP contribution in [0.5, 0.6) is 0 Å². The highest BCUT2D eigenvalue weighted by molar-refractivity contribution is 5.69. The van der Waals surface area contributed by atoms with Crippen molar-refractivity contribution in [3.8, 4) is 0 Å². The first-order valence-corrected chi connectivity index (χ1v) is 6.70. The number of rotatable bonds is 8. The summed E-state index contributed by atoms with van der Waals surface area (Å²) in [5, 5.41) is 0. The fraction of sp³-hybridized carbons (Fsp3) is 0.438. The van der Waals surface area contributed by atoms with Gasteiger partial charge in [-0.2, -0.15) is 0 Å². The van der Waals surface area contributed by atoms with Gasteiger partial charge >= 0.3 is 5.97 Å². The summed E-state index contributed by atoms with van der Waals surface area (Å²) in [5.41, 5.74) is 1.12. The van der Waals surface area contributed by atoms with Crippen LogP contribution in [-0.4, -0.2) is 12.6 Å². The predicted octanol–water partition coefficient (Wildman–Crippen LogP) is 4.21. The molecular weight excluding hydrogens is 224 g/mol. The Morgan fingerprint density at radius 3 is 2.67 bits per heavy atom. The van der Waals surface area contributed by atoms with E-state index in [-0.39, 0.29) is 5.97 Å². The topological polar surface area (TPSA) is 26.3 Å². The maximum atomic E-state index is 11.4. The summed E-state index contributed by atoms with van der Waals surface area (Å²) in [4.78, 5) is 11.4. The number of benzene rings is 1. The lowest BCUT2D eigenvalue weighted by Gasteiger charge is -2.01. The Morgan fingerprint density at radius 2 is 1.94 bits per heavy atom. The standard InChI is InChI=1S/C16H22O2/c1-2-3-4-8-13-16(17)18-14-9-12-15-10-6-5-7-11-15/h5-7,9-12H,2-4,8,13-14H2,1H3. The number of ether oxygens (including phenoxy) is 1. The molecule has 0 radical (unpaired) electrons. The number of unbranched alkanes of at least 4 members (excludes halogenated alkanes) is 3. The van der Waals surface area contributed by atoms with E-state index in [4.69, 9.17) is 4.74 Å². The second-order valence-corrected chi connectivity index (χ2v) is 4.31. The molecule has 0 N–H and O–H groups in total. The Kier molecular flexibility index (Phi) is 7.61. The van der Waals surface area contributed by atoms with Gasteiger partial charge in [0.25, 0.3) is 0 Å². The molecule has 0 unspecified atom stereocenters. The first-order valence-electron chi connectivity index (χ1n) is 6.70. The van der Waals surface area contributed by atoms with Gasteiger partial charge in [0.05, 0.1) is 0 Å². The van der Waals surface area contributed by atoms with Crippen LogP contribution in [0.2, 0.25) is 0 Å². The van der Waals surface area contributed by atoms with Gasteiger partial charge in [0.1, 0.15) is 6.61 Å². The number of esters is 1. The zero-order valence-corrected chi connectivity index (χ0v) is 11.1. The molecule has 0 spiro atoms. The van der Waals surface area contributed by atoms with Crippen molar-refractivity contribution >= 4 is 12.0 Å². The molecule has 0 aliphatic rings. The minimum Gasteiger partial charge on any atom is -0.461 e. The number of hydrogen-bond acceptors (Lipinski definition) is 2. The van der Waals surface area contributed by atoms with Crippen LogP contribution >= 0.6 is 0 Å². The summed E-state index contributed by atoms with van der Waals surface area (Å²) in [6.07, 6.45) is 8.82. The SMILES string of the molecule is CCCCCCC(=O)OCC=Cc1ccccc1. The molecule has 1 aromatic rings. The zero-order chi connectivity index (χ0) is 13.1. The smallest absolute Gasteiger partial charge is 0.306 e. The van der Waals surface area contributed by atoms with Gasteiger partial charge in [0, 0.05) is 6.42 Å². The van der Waals surface area contributed by atoms with Gasteiger partial charge in [-0.05, 0) is 18.1 Å². The molecule has 1 rings (SSSR count).